The number of carbonyl (C=O) groups is 1. The summed E-state index contributed by atoms with van der Waals surface area (Å²) in [6, 6.07) is 16.8. The monoisotopic (exact) mass is 616 g/mol. The first kappa shape index (κ1) is 28.1. The molecule has 0 spiro atoms. The number of rotatable bonds is 6. The zero-order valence-electron chi connectivity index (χ0n) is 22.4. The normalized spacial score (nSPS) is 16.9. The Morgan fingerprint density at radius 3 is 2.56 bits per heavy atom. The van der Waals surface area contributed by atoms with Gasteiger partial charge < -0.3 is 10.5 Å². The second-order valence-corrected chi connectivity index (χ2v) is 11.0. The smallest absolute Gasteiger partial charge is 0.296 e. The lowest BCUT2D eigenvalue weighted by Crippen LogP contribution is -2.39. The van der Waals surface area contributed by atoms with E-state index in [4.69, 9.17) is 10.5 Å². The Morgan fingerprint density at radius 1 is 1.15 bits per heavy atom. The molecular weight excluding hydrogens is 591 g/mol. The highest BCUT2D eigenvalue weighted by Crippen LogP contribution is 2.48. The number of nitro benzene ring substituents is 1. The van der Waals surface area contributed by atoms with Gasteiger partial charge in [-0.3, -0.25) is 19.8 Å². The van der Waals surface area contributed by atoms with E-state index in [0.717, 1.165) is 38.9 Å². The molecule has 0 radical (unpaired) electrons. The molecule has 0 saturated carbocycles. The molecule has 2 aliphatic rings. The average Bonchev–Trinajstić information content (AvgIpc) is 2.93. The number of benzene rings is 3. The first-order chi connectivity index (χ1) is 19.6. The molecule has 1 aliphatic heterocycles. The number of halogens is 2. The molecule has 1 atom stereocenters. The largest absolute Gasteiger partial charge is 0.489 e. The average molecular weight is 617 g/mol. The number of nitro groups is 1. The van der Waals surface area contributed by atoms with Crippen molar-refractivity contribution >= 4 is 33.1 Å². The van der Waals surface area contributed by atoms with Gasteiger partial charge in [0, 0.05) is 22.2 Å². The zero-order chi connectivity index (χ0) is 29.4. The molecule has 3 aromatic carbocycles. The number of hydrogen-bond donors (Lipinski definition) is 1. The second kappa shape index (κ2) is 11.2. The van der Waals surface area contributed by atoms with Crippen molar-refractivity contribution in [2.75, 3.05) is 4.90 Å². The number of nitriles is 1. The molecule has 0 aromatic heterocycles. The van der Waals surface area contributed by atoms with Gasteiger partial charge in [-0.1, -0.05) is 28.1 Å². The highest BCUT2D eigenvalue weighted by molar-refractivity contribution is 9.10. The maximum atomic E-state index is 14.0. The van der Waals surface area contributed by atoms with Gasteiger partial charge in [0.1, 0.15) is 29.7 Å². The number of anilines is 1. The van der Waals surface area contributed by atoms with Crippen molar-refractivity contribution in [2.45, 2.75) is 45.6 Å². The van der Waals surface area contributed by atoms with Crippen molar-refractivity contribution in [3.8, 4) is 11.8 Å². The SMILES string of the molecule is Cc1cc(C)c(C2C(C#N)=C(N)N(c3ccc(F)cc3[N+](=O)[O-])C3=C2C(=O)CCC3)cc1COc1ccc(Br)cc1. The fourth-order valence-corrected chi connectivity index (χ4v) is 5.84. The molecule has 0 fully saturated rings. The van der Waals surface area contributed by atoms with Gasteiger partial charge in [-0.05, 0) is 85.3 Å². The van der Waals surface area contributed by atoms with E-state index in [0.29, 0.717) is 29.9 Å². The molecule has 1 aliphatic carbocycles. The van der Waals surface area contributed by atoms with Crippen LogP contribution in [0.1, 0.15) is 47.4 Å². The summed E-state index contributed by atoms with van der Waals surface area (Å²) >= 11 is 3.42. The summed E-state index contributed by atoms with van der Waals surface area (Å²) in [5.41, 5.74) is 10.6. The van der Waals surface area contributed by atoms with Crippen LogP contribution in [-0.4, -0.2) is 10.7 Å². The van der Waals surface area contributed by atoms with Crippen LogP contribution < -0.4 is 15.4 Å². The first-order valence-corrected chi connectivity index (χ1v) is 13.8. The predicted octanol–water partition coefficient (Wildman–Crippen LogP) is 7.00. The number of hydrogen-bond acceptors (Lipinski definition) is 7. The summed E-state index contributed by atoms with van der Waals surface area (Å²) in [5, 5.41) is 22.2. The fourth-order valence-electron chi connectivity index (χ4n) is 5.58. The van der Waals surface area contributed by atoms with E-state index in [1.165, 1.54) is 11.0 Å². The Bertz CT molecular complexity index is 1690. The van der Waals surface area contributed by atoms with Crippen LogP contribution in [0, 0.1) is 41.1 Å². The van der Waals surface area contributed by atoms with E-state index >= 15 is 0 Å². The van der Waals surface area contributed by atoms with Gasteiger partial charge in [0.05, 0.1) is 28.5 Å². The number of ether oxygens (including phenoxy) is 1. The Morgan fingerprint density at radius 2 is 1.88 bits per heavy atom. The first-order valence-electron chi connectivity index (χ1n) is 13.0. The van der Waals surface area contributed by atoms with E-state index < -0.39 is 22.3 Å². The third kappa shape index (κ3) is 5.21. The van der Waals surface area contributed by atoms with Crippen molar-refractivity contribution < 1.29 is 18.8 Å². The number of nitrogens with two attached hydrogens (primary N) is 1. The van der Waals surface area contributed by atoms with Crippen molar-refractivity contribution in [1.82, 2.24) is 0 Å². The van der Waals surface area contributed by atoms with Gasteiger partial charge in [0.25, 0.3) is 5.69 Å². The van der Waals surface area contributed by atoms with Gasteiger partial charge in [-0.25, -0.2) is 4.39 Å². The Kier molecular flexibility index (Phi) is 7.65. The molecule has 8 nitrogen and oxygen atoms in total. The summed E-state index contributed by atoms with van der Waals surface area (Å²) in [4.78, 5) is 26.1. The van der Waals surface area contributed by atoms with Crippen LogP contribution in [0.15, 0.2) is 81.7 Å². The van der Waals surface area contributed by atoms with Gasteiger partial charge in [-0.2, -0.15) is 5.26 Å². The van der Waals surface area contributed by atoms with Crippen LogP contribution >= 0.6 is 15.9 Å². The van der Waals surface area contributed by atoms with E-state index in [1.54, 1.807) is 0 Å². The lowest BCUT2D eigenvalue weighted by atomic mass is 9.74. The molecule has 208 valence electrons. The molecular formula is C31H26BrFN4O4. The molecule has 1 unspecified atom stereocenters. The third-order valence-corrected chi connectivity index (χ3v) is 8.06. The summed E-state index contributed by atoms with van der Waals surface area (Å²) in [5.74, 6) is -1.02. The van der Waals surface area contributed by atoms with Crippen LogP contribution in [0.25, 0.3) is 0 Å². The van der Waals surface area contributed by atoms with E-state index in [-0.39, 0.29) is 35.9 Å². The van der Waals surface area contributed by atoms with Crippen molar-refractivity contribution in [3.05, 3.63) is 120 Å². The molecule has 41 heavy (non-hydrogen) atoms. The van der Waals surface area contributed by atoms with Crippen LogP contribution in [-0.2, 0) is 11.4 Å². The molecule has 0 amide bonds. The summed E-state index contributed by atoms with van der Waals surface area (Å²) < 4.78 is 21.0. The third-order valence-electron chi connectivity index (χ3n) is 7.53. The lowest BCUT2D eigenvalue weighted by molar-refractivity contribution is -0.384. The highest BCUT2D eigenvalue weighted by Gasteiger charge is 2.42. The molecule has 0 bridgehead atoms. The van der Waals surface area contributed by atoms with E-state index in [2.05, 4.69) is 22.0 Å². The van der Waals surface area contributed by atoms with Gasteiger partial charge in [-0.15, -0.1) is 0 Å². The number of allylic oxidation sites excluding steroid dienone is 3. The van der Waals surface area contributed by atoms with Crippen LogP contribution in [0.2, 0.25) is 0 Å². The number of nitrogens with zero attached hydrogens (tertiary/aromatic N) is 3. The van der Waals surface area contributed by atoms with E-state index in [1.807, 2.05) is 50.2 Å². The Labute approximate surface area is 244 Å². The standard InChI is InChI=1S/C31H26BrFN4O4/c1-17-12-18(2)23(13-19(17)16-41-22-9-6-20(32)7-10-22)29-24(15-34)31(35)36(26-4-3-5-28(38)30(26)29)25-11-8-21(33)14-27(25)37(39)40/h6-14,29H,3-5,16,35H2,1-2H3. The van der Waals surface area contributed by atoms with E-state index in [9.17, 15) is 24.6 Å². The maximum Gasteiger partial charge on any atom is 0.296 e. The number of aryl methyl sites for hydroxylation is 2. The lowest BCUT2D eigenvalue weighted by Gasteiger charge is -2.39. The van der Waals surface area contributed by atoms with Crippen LogP contribution in [0.3, 0.4) is 0 Å². The minimum Gasteiger partial charge on any atom is -0.489 e. The summed E-state index contributed by atoms with van der Waals surface area (Å²) in [7, 11) is 0. The molecule has 3 aromatic rings. The number of ketones is 1. The fraction of sp³-hybridized carbons (Fsp3) is 0.226. The maximum absolute atomic E-state index is 14.0. The molecule has 0 saturated heterocycles. The molecule has 5 rings (SSSR count). The summed E-state index contributed by atoms with van der Waals surface area (Å²) in [6.07, 6.45) is 1.21. The van der Waals surface area contributed by atoms with Gasteiger partial charge in [0.2, 0.25) is 0 Å². The van der Waals surface area contributed by atoms with Crippen molar-refractivity contribution in [1.29, 1.82) is 5.26 Å². The molecule has 1 heterocycles. The van der Waals surface area contributed by atoms with Gasteiger partial charge >= 0.3 is 0 Å². The van der Waals surface area contributed by atoms with Crippen LogP contribution in [0.4, 0.5) is 15.8 Å². The predicted molar refractivity (Wildman–Crippen MR) is 155 cm³/mol. The second-order valence-electron chi connectivity index (χ2n) is 10.1. The molecule has 10 heteroatoms. The minimum absolute atomic E-state index is 0.00603. The van der Waals surface area contributed by atoms with Gasteiger partial charge in [0.15, 0.2) is 5.78 Å². The molecule has 2 N–H and O–H groups in total. The summed E-state index contributed by atoms with van der Waals surface area (Å²) in [6.45, 7) is 4.15. The topological polar surface area (TPSA) is 122 Å². The number of carbonyl (C=O) groups excluding carboxylic acids is 1. The zero-order valence-corrected chi connectivity index (χ0v) is 24.0. The number of Topliss-reactive ketones (excluding diaryl/α,β-unsaturated/α-hetero) is 1. The Balaban J connectivity index is 1.66. The quantitative estimate of drug-likeness (QED) is 0.234. The Hall–Kier alpha value is -4.49. The van der Waals surface area contributed by atoms with Crippen LogP contribution in [0.5, 0.6) is 5.75 Å². The van der Waals surface area contributed by atoms with Crippen molar-refractivity contribution in [3.63, 3.8) is 0 Å². The minimum atomic E-state index is -0.777. The highest BCUT2D eigenvalue weighted by atomic mass is 79.9. The van der Waals surface area contributed by atoms with Crippen molar-refractivity contribution in [2.24, 2.45) is 5.73 Å².